The first-order chi connectivity index (χ1) is 22.8. The predicted molar refractivity (Wildman–Crippen MR) is 189 cm³/mol. The third-order valence-electron chi connectivity index (χ3n) is 8.72. The summed E-state index contributed by atoms with van der Waals surface area (Å²) in [6.07, 6.45) is 1.79. The van der Waals surface area contributed by atoms with Gasteiger partial charge in [-0.3, -0.25) is 4.98 Å². The molecule has 4 heteroatoms. The SMILES string of the molecule is c1ccc(-c2nc(-c3ccc(-c4nc5c6ccccc6c6ccccc6c5c5ccccc45)cc3)cc(-c3ccccn3)n2)cc1. The molecule has 0 aliphatic heterocycles. The quantitative estimate of drug-likeness (QED) is 0.193. The largest absolute Gasteiger partial charge is 0.255 e. The number of pyridine rings is 2. The fourth-order valence-corrected chi connectivity index (χ4v) is 6.57. The van der Waals surface area contributed by atoms with Crippen molar-refractivity contribution in [3.05, 3.63) is 158 Å². The maximum absolute atomic E-state index is 5.43. The van der Waals surface area contributed by atoms with Gasteiger partial charge < -0.3 is 0 Å². The minimum atomic E-state index is 0.670. The molecule has 0 aliphatic rings. The summed E-state index contributed by atoms with van der Waals surface area (Å²) >= 11 is 0. The van der Waals surface area contributed by atoms with E-state index in [0.717, 1.165) is 55.8 Å². The molecule has 4 nitrogen and oxygen atoms in total. The fraction of sp³-hybridized carbons (Fsp3) is 0. The van der Waals surface area contributed by atoms with Crippen LogP contribution < -0.4 is 0 Å². The normalized spacial score (nSPS) is 11.5. The minimum Gasteiger partial charge on any atom is -0.255 e. The van der Waals surface area contributed by atoms with E-state index in [-0.39, 0.29) is 0 Å². The molecule has 0 N–H and O–H groups in total. The number of nitrogens with zero attached hydrogens (tertiary/aromatic N) is 4. The van der Waals surface area contributed by atoms with Gasteiger partial charge in [-0.15, -0.1) is 0 Å². The third-order valence-corrected chi connectivity index (χ3v) is 8.72. The van der Waals surface area contributed by atoms with Gasteiger partial charge in [0.1, 0.15) is 0 Å². The predicted octanol–water partition coefficient (Wildman–Crippen LogP) is 10.5. The van der Waals surface area contributed by atoms with Crippen LogP contribution in [0.2, 0.25) is 0 Å². The van der Waals surface area contributed by atoms with Crippen molar-refractivity contribution >= 4 is 43.2 Å². The van der Waals surface area contributed by atoms with Crippen LogP contribution in [0.5, 0.6) is 0 Å². The Kier molecular flexibility index (Phi) is 6.10. The standard InChI is InChI=1S/C42H26N4/c1-2-12-29(13-3-1)42-44-37(26-38(45-42)36-20-10-11-25-43-36)27-21-23-28(24-22-27)40-35-19-9-7-17-33(35)39-32-16-6-4-14-30(32)31-15-5-8-18-34(31)41(39)46-40/h1-26H. The summed E-state index contributed by atoms with van der Waals surface area (Å²) in [5.41, 5.74) is 7.46. The molecule has 3 aromatic heterocycles. The Bertz CT molecular complexity index is 2500. The minimum absolute atomic E-state index is 0.670. The summed E-state index contributed by atoms with van der Waals surface area (Å²) in [5, 5.41) is 8.39. The van der Waals surface area contributed by atoms with Crippen molar-refractivity contribution < 1.29 is 0 Å². The monoisotopic (exact) mass is 586 g/mol. The van der Waals surface area contributed by atoms with Gasteiger partial charge in [0.25, 0.3) is 0 Å². The van der Waals surface area contributed by atoms with E-state index < -0.39 is 0 Å². The highest BCUT2D eigenvalue weighted by atomic mass is 14.9. The van der Waals surface area contributed by atoms with E-state index in [0.29, 0.717) is 5.82 Å². The van der Waals surface area contributed by atoms with Crippen molar-refractivity contribution in [2.24, 2.45) is 0 Å². The van der Waals surface area contributed by atoms with Crippen LogP contribution >= 0.6 is 0 Å². The molecule has 0 unspecified atom stereocenters. The molecule has 46 heavy (non-hydrogen) atoms. The molecule has 9 rings (SSSR count). The van der Waals surface area contributed by atoms with Gasteiger partial charge in [-0.05, 0) is 39.7 Å². The van der Waals surface area contributed by atoms with Gasteiger partial charge in [-0.25, -0.2) is 15.0 Å². The summed E-state index contributed by atoms with van der Waals surface area (Å²) in [6, 6.07) is 52.5. The number of fused-ring (bicyclic) bond motifs is 8. The van der Waals surface area contributed by atoms with E-state index >= 15 is 0 Å². The van der Waals surface area contributed by atoms with Gasteiger partial charge in [-0.1, -0.05) is 133 Å². The Hall–Kier alpha value is -6.26. The van der Waals surface area contributed by atoms with Crippen molar-refractivity contribution in [3.8, 4) is 45.3 Å². The highest BCUT2D eigenvalue weighted by molar-refractivity contribution is 6.31. The average Bonchev–Trinajstić information content (AvgIpc) is 3.15. The van der Waals surface area contributed by atoms with Crippen LogP contribution in [0.3, 0.4) is 0 Å². The van der Waals surface area contributed by atoms with Crippen molar-refractivity contribution in [1.29, 1.82) is 0 Å². The molecule has 214 valence electrons. The van der Waals surface area contributed by atoms with E-state index in [4.69, 9.17) is 15.0 Å². The molecule has 0 fully saturated rings. The Labute approximate surface area is 265 Å². The maximum Gasteiger partial charge on any atom is 0.160 e. The van der Waals surface area contributed by atoms with Crippen LogP contribution in [0.4, 0.5) is 0 Å². The van der Waals surface area contributed by atoms with E-state index in [2.05, 4.69) is 102 Å². The number of aromatic nitrogens is 4. The first-order valence-corrected chi connectivity index (χ1v) is 15.4. The summed E-state index contributed by atoms with van der Waals surface area (Å²) in [6.45, 7) is 0. The molecule has 0 aliphatic carbocycles. The lowest BCUT2D eigenvalue weighted by Crippen LogP contribution is -1.97. The number of hydrogen-bond donors (Lipinski definition) is 0. The van der Waals surface area contributed by atoms with Crippen molar-refractivity contribution in [2.45, 2.75) is 0 Å². The first kappa shape index (κ1) is 26.2. The average molecular weight is 587 g/mol. The van der Waals surface area contributed by atoms with Crippen molar-refractivity contribution in [1.82, 2.24) is 19.9 Å². The van der Waals surface area contributed by atoms with Gasteiger partial charge in [0.2, 0.25) is 0 Å². The summed E-state index contributed by atoms with van der Waals surface area (Å²) in [5.74, 6) is 0.670. The van der Waals surface area contributed by atoms with Crippen molar-refractivity contribution in [2.75, 3.05) is 0 Å². The van der Waals surface area contributed by atoms with Gasteiger partial charge in [0.05, 0.1) is 28.3 Å². The molecule has 0 saturated carbocycles. The van der Waals surface area contributed by atoms with Crippen LogP contribution in [-0.4, -0.2) is 19.9 Å². The van der Waals surface area contributed by atoms with Crippen LogP contribution in [-0.2, 0) is 0 Å². The Balaban J connectivity index is 1.23. The molecule has 0 saturated heterocycles. The number of hydrogen-bond acceptors (Lipinski definition) is 4. The Morgan fingerprint density at radius 3 is 1.63 bits per heavy atom. The Morgan fingerprint density at radius 1 is 0.348 bits per heavy atom. The van der Waals surface area contributed by atoms with Crippen LogP contribution in [0.25, 0.3) is 88.5 Å². The summed E-state index contributed by atoms with van der Waals surface area (Å²) in [7, 11) is 0. The van der Waals surface area contributed by atoms with Gasteiger partial charge in [0.15, 0.2) is 5.82 Å². The molecular weight excluding hydrogens is 560 g/mol. The molecule has 9 aromatic rings. The second kappa shape index (κ2) is 10.7. The summed E-state index contributed by atoms with van der Waals surface area (Å²) < 4.78 is 0. The van der Waals surface area contributed by atoms with E-state index in [1.165, 1.54) is 26.9 Å². The molecule has 3 heterocycles. The molecule has 6 aromatic carbocycles. The molecule has 0 spiro atoms. The second-order valence-electron chi connectivity index (χ2n) is 11.4. The lowest BCUT2D eigenvalue weighted by Gasteiger charge is -2.15. The highest BCUT2D eigenvalue weighted by Gasteiger charge is 2.17. The zero-order valence-electron chi connectivity index (χ0n) is 24.8. The van der Waals surface area contributed by atoms with Gasteiger partial charge >= 0.3 is 0 Å². The van der Waals surface area contributed by atoms with Crippen LogP contribution in [0.1, 0.15) is 0 Å². The third kappa shape index (κ3) is 4.31. The van der Waals surface area contributed by atoms with E-state index in [9.17, 15) is 0 Å². The molecular formula is C42H26N4. The van der Waals surface area contributed by atoms with Gasteiger partial charge in [-0.2, -0.15) is 0 Å². The molecule has 0 bridgehead atoms. The zero-order chi connectivity index (χ0) is 30.5. The van der Waals surface area contributed by atoms with E-state index in [1.54, 1.807) is 6.20 Å². The smallest absolute Gasteiger partial charge is 0.160 e. The van der Waals surface area contributed by atoms with Crippen LogP contribution in [0, 0.1) is 0 Å². The number of rotatable bonds is 4. The van der Waals surface area contributed by atoms with Gasteiger partial charge in [0, 0.05) is 39.0 Å². The summed E-state index contributed by atoms with van der Waals surface area (Å²) in [4.78, 5) is 19.9. The zero-order valence-corrected chi connectivity index (χ0v) is 24.8. The topological polar surface area (TPSA) is 51.6 Å². The van der Waals surface area contributed by atoms with E-state index in [1.807, 2.05) is 54.6 Å². The lowest BCUT2D eigenvalue weighted by molar-refractivity contribution is 1.16. The fourth-order valence-electron chi connectivity index (χ4n) is 6.57. The first-order valence-electron chi connectivity index (χ1n) is 15.4. The molecule has 0 radical (unpaired) electrons. The number of benzene rings is 6. The Morgan fingerprint density at radius 2 is 0.913 bits per heavy atom. The molecule has 0 amide bonds. The lowest BCUT2D eigenvalue weighted by atomic mass is 9.92. The maximum atomic E-state index is 5.43. The molecule has 0 atom stereocenters. The second-order valence-corrected chi connectivity index (χ2v) is 11.4. The van der Waals surface area contributed by atoms with Crippen molar-refractivity contribution in [3.63, 3.8) is 0 Å². The van der Waals surface area contributed by atoms with Crippen LogP contribution in [0.15, 0.2) is 158 Å². The highest BCUT2D eigenvalue weighted by Crippen LogP contribution is 2.41.